The molecule has 1 atom stereocenters. The molecule has 0 bridgehead atoms. The van der Waals surface area contributed by atoms with E-state index >= 15 is 0 Å². The molecular formula is C10H14O4S. The van der Waals surface area contributed by atoms with Crippen molar-refractivity contribution in [3.05, 3.63) is 35.9 Å². The summed E-state index contributed by atoms with van der Waals surface area (Å²) in [6.07, 6.45) is 0.219. The fourth-order valence-electron chi connectivity index (χ4n) is 1.44. The fourth-order valence-corrected chi connectivity index (χ4v) is 2.41. The van der Waals surface area contributed by atoms with Crippen LogP contribution in [-0.2, 0) is 15.7 Å². The highest BCUT2D eigenvalue weighted by Crippen LogP contribution is 2.26. The first-order chi connectivity index (χ1) is 6.87. The molecule has 15 heavy (non-hydrogen) atoms. The molecule has 0 fully saturated rings. The van der Waals surface area contributed by atoms with E-state index in [2.05, 4.69) is 0 Å². The van der Waals surface area contributed by atoms with Crippen LogP contribution in [0.2, 0.25) is 0 Å². The van der Waals surface area contributed by atoms with Gasteiger partial charge in [-0.3, -0.25) is 4.55 Å². The van der Waals surface area contributed by atoms with Gasteiger partial charge in [0.1, 0.15) is 11.4 Å². The van der Waals surface area contributed by atoms with Gasteiger partial charge in [0, 0.05) is 0 Å². The Hall–Kier alpha value is -0.910. The van der Waals surface area contributed by atoms with Crippen molar-refractivity contribution in [2.24, 2.45) is 0 Å². The van der Waals surface area contributed by atoms with Crippen molar-refractivity contribution in [1.82, 2.24) is 0 Å². The quantitative estimate of drug-likeness (QED) is 0.761. The van der Waals surface area contributed by atoms with E-state index in [1.165, 1.54) is 0 Å². The van der Waals surface area contributed by atoms with Crippen molar-refractivity contribution in [3.63, 3.8) is 0 Å². The second kappa shape index (κ2) is 4.30. The predicted molar refractivity (Wildman–Crippen MR) is 57.0 cm³/mol. The summed E-state index contributed by atoms with van der Waals surface area (Å²) in [6, 6.07) is 8.45. The van der Waals surface area contributed by atoms with E-state index in [1.807, 2.05) is 0 Å². The molecule has 1 aromatic rings. The molecule has 1 rings (SSSR count). The highest BCUT2D eigenvalue weighted by atomic mass is 32.2. The van der Waals surface area contributed by atoms with Crippen LogP contribution in [0, 0.1) is 0 Å². The van der Waals surface area contributed by atoms with Gasteiger partial charge >= 0.3 is 0 Å². The molecule has 0 saturated carbocycles. The van der Waals surface area contributed by atoms with Gasteiger partial charge in [-0.1, -0.05) is 37.3 Å². The molecule has 0 aliphatic heterocycles. The standard InChI is InChI=1S/C10H14O4S/c1-2-10(11,8-15(12,13)14)9-6-4-3-5-7-9/h3-7,11H,2,8H2,1H3,(H,12,13,14). The van der Waals surface area contributed by atoms with E-state index in [1.54, 1.807) is 37.3 Å². The molecule has 1 aromatic carbocycles. The molecular weight excluding hydrogens is 216 g/mol. The summed E-state index contributed by atoms with van der Waals surface area (Å²) in [5, 5.41) is 10.1. The molecule has 0 spiro atoms. The Kier molecular flexibility index (Phi) is 3.49. The maximum absolute atomic E-state index is 10.8. The van der Waals surface area contributed by atoms with Crippen LogP contribution in [0.1, 0.15) is 18.9 Å². The van der Waals surface area contributed by atoms with E-state index in [4.69, 9.17) is 4.55 Å². The van der Waals surface area contributed by atoms with Crippen molar-refractivity contribution in [2.45, 2.75) is 18.9 Å². The van der Waals surface area contributed by atoms with Crippen molar-refractivity contribution in [3.8, 4) is 0 Å². The third-order valence-electron chi connectivity index (χ3n) is 2.32. The van der Waals surface area contributed by atoms with Gasteiger partial charge in [-0.15, -0.1) is 0 Å². The second-order valence-corrected chi connectivity index (χ2v) is 4.93. The van der Waals surface area contributed by atoms with Gasteiger partial charge in [0.15, 0.2) is 0 Å². The molecule has 0 aliphatic rings. The summed E-state index contributed by atoms with van der Waals surface area (Å²) in [7, 11) is -4.19. The van der Waals surface area contributed by atoms with Crippen molar-refractivity contribution in [2.75, 3.05) is 5.75 Å². The number of aliphatic hydroxyl groups is 1. The maximum Gasteiger partial charge on any atom is 0.268 e. The van der Waals surface area contributed by atoms with Crippen molar-refractivity contribution in [1.29, 1.82) is 0 Å². The normalized spacial score (nSPS) is 15.9. The molecule has 0 aliphatic carbocycles. The molecule has 84 valence electrons. The second-order valence-electron chi connectivity index (χ2n) is 3.48. The Labute approximate surface area is 89.3 Å². The molecule has 1 unspecified atom stereocenters. The molecule has 2 N–H and O–H groups in total. The highest BCUT2D eigenvalue weighted by molar-refractivity contribution is 7.85. The van der Waals surface area contributed by atoms with Crippen LogP contribution in [0.25, 0.3) is 0 Å². The SMILES string of the molecule is CCC(O)(CS(=O)(=O)O)c1ccccc1. The van der Waals surface area contributed by atoms with Crippen molar-refractivity contribution < 1.29 is 18.1 Å². The summed E-state index contributed by atoms with van der Waals surface area (Å²) in [5.41, 5.74) is -1.03. The zero-order valence-electron chi connectivity index (χ0n) is 8.42. The molecule has 0 aromatic heterocycles. The number of benzene rings is 1. The first kappa shape index (κ1) is 12.2. The lowest BCUT2D eigenvalue weighted by Gasteiger charge is -2.25. The molecule has 0 saturated heterocycles. The summed E-state index contributed by atoms with van der Waals surface area (Å²) < 4.78 is 30.3. The summed E-state index contributed by atoms with van der Waals surface area (Å²) in [6.45, 7) is 1.66. The van der Waals surface area contributed by atoms with E-state index < -0.39 is 21.5 Å². The van der Waals surface area contributed by atoms with Crippen LogP contribution >= 0.6 is 0 Å². The molecule has 0 heterocycles. The number of hydrogen-bond acceptors (Lipinski definition) is 3. The third kappa shape index (κ3) is 3.30. The van der Waals surface area contributed by atoms with E-state index in [-0.39, 0.29) is 6.42 Å². The van der Waals surface area contributed by atoms with Gasteiger partial charge in [0.05, 0.1) is 0 Å². The Balaban J connectivity index is 3.06. The van der Waals surface area contributed by atoms with E-state index in [0.717, 1.165) is 0 Å². The van der Waals surface area contributed by atoms with Crippen LogP contribution in [-0.4, -0.2) is 23.8 Å². The average molecular weight is 230 g/mol. The first-order valence-corrected chi connectivity index (χ1v) is 6.21. The molecule has 4 nitrogen and oxygen atoms in total. The van der Waals surface area contributed by atoms with Gasteiger partial charge in [0.25, 0.3) is 10.1 Å². The third-order valence-corrected chi connectivity index (χ3v) is 3.16. The summed E-state index contributed by atoms with van der Waals surface area (Å²) in [4.78, 5) is 0. The minimum absolute atomic E-state index is 0.219. The lowest BCUT2D eigenvalue weighted by atomic mass is 9.93. The molecule has 0 radical (unpaired) electrons. The van der Waals surface area contributed by atoms with Gasteiger partial charge in [-0.25, -0.2) is 0 Å². The average Bonchev–Trinajstić information content (AvgIpc) is 2.16. The van der Waals surface area contributed by atoms with Gasteiger partial charge in [-0.05, 0) is 12.0 Å². The van der Waals surface area contributed by atoms with Crippen LogP contribution in [0.5, 0.6) is 0 Å². The molecule has 0 amide bonds. The Morgan fingerprint density at radius 1 is 1.27 bits per heavy atom. The van der Waals surface area contributed by atoms with Crippen LogP contribution in [0.3, 0.4) is 0 Å². The summed E-state index contributed by atoms with van der Waals surface area (Å²) >= 11 is 0. The molecule has 5 heteroatoms. The number of hydrogen-bond donors (Lipinski definition) is 2. The van der Waals surface area contributed by atoms with Gasteiger partial charge in [0.2, 0.25) is 0 Å². The van der Waals surface area contributed by atoms with E-state index in [9.17, 15) is 13.5 Å². The first-order valence-electron chi connectivity index (χ1n) is 4.60. The monoisotopic (exact) mass is 230 g/mol. The van der Waals surface area contributed by atoms with Crippen LogP contribution in [0.4, 0.5) is 0 Å². The Morgan fingerprint density at radius 3 is 2.20 bits per heavy atom. The van der Waals surface area contributed by atoms with E-state index in [0.29, 0.717) is 5.56 Å². The zero-order valence-corrected chi connectivity index (χ0v) is 9.24. The lowest BCUT2D eigenvalue weighted by molar-refractivity contribution is 0.0550. The topological polar surface area (TPSA) is 74.6 Å². The smallest absolute Gasteiger partial charge is 0.268 e. The van der Waals surface area contributed by atoms with Crippen LogP contribution < -0.4 is 0 Å². The van der Waals surface area contributed by atoms with Crippen molar-refractivity contribution >= 4 is 10.1 Å². The maximum atomic E-state index is 10.8. The summed E-state index contributed by atoms with van der Waals surface area (Å²) in [5.74, 6) is -0.680. The van der Waals surface area contributed by atoms with Gasteiger partial charge < -0.3 is 5.11 Å². The fraction of sp³-hybridized carbons (Fsp3) is 0.400. The minimum atomic E-state index is -4.19. The van der Waals surface area contributed by atoms with Gasteiger partial charge in [-0.2, -0.15) is 8.42 Å². The Morgan fingerprint density at radius 2 is 1.80 bits per heavy atom. The zero-order chi connectivity index (χ0) is 11.5. The lowest BCUT2D eigenvalue weighted by Crippen LogP contribution is -2.33. The minimum Gasteiger partial charge on any atom is -0.384 e. The number of rotatable bonds is 4. The predicted octanol–water partition coefficient (Wildman–Crippen LogP) is 1.17. The largest absolute Gasteiger partial charge is 0.384 e. The highest BCUT2D eigenvalue weighted by Gasteiger charge is 2.32. The Bertz CT molecular complexity index is 412. The van der Waals surface area contributed by atoms with Crippen LogP contribution in [0.15, 0.2) is 30.3 Å².